The highest BCUT2D eigenvalue weighted by Crippen LogP contribution is 2.30. The van der Waals surface area contributed by atoms with Crippen molar-refractivity contribution in [2.45, 2.75) is 197 Å². The van der Waals surface area contributed by atoms with Crippen LogP contribution >= 0.6 is 0 Å². The summed E-state index contributed by atoms with van der Waals surface area (Å²) in [5.41, 5.74) is 42.0. The van der Waals surface area contributed by atoms with Gasteiger partial charge < -0.3 is 50.6 Å². The molecule has 0 radical (unpaired) electrons. The van der Waals surface area contributed by atoms with E-state index in [1.165, 1.54) is 23.9 Å². The van der Waals surface area contributed by atoms with Crippen molar-refractivity contribution in [3.05, 3.63) is 0 Å². The van der Waals surface area contributed by atoms with Gasteiger partial charge in [-0.3, -0.25) is 58.1 Å². The molecule has 0 rings (SSSR count). The lowest BCUT2D eigenvalue weighted by molar-refractivity contribution is -0.194. The number of carbonyl (C=O) groups is 8. The quantitative estimate of drug-likeness (QED) is 0.0205. The van der Waals surface area contributed by atoms with Gasteiger partial charge in [0.05, 0.1) is 36.8 Å². The molecular weight excluding hydrogens is 1010 g/mol. The van der Waals surface area contributed by atoms with E-state index < -0.39 is 102 Å². The van der Waals surface area contributed by atoms with Crippen LogP contribution < -0.4 is 45.5 Å². The Balaban J connectivity index is 9.81. The molecule has 16 N–H and O–H groups in total. The Morgan fingerprint density at radius 2 is 0.671 bits per heavy atom. The predicted octanol–water partition coefficient (Wildman–Crippen LogP) is -0.762. The van der Waals surface area contributed by atoms with Crippen molar-refractivity contribution in [2.24, 2.45) is 40.1 Å². The molecule has 0 aliphatic rings. The number of hydrogen-bond acceptors (Lipinski definition) is 21. The SMILES string of the molecule is CC(=O)[C@H](CCCCN)N(C)N(C(=O)[C@H](CCCCN)N(C)C)[C@@H](CCCCN)C(=O)N([C@@H](CCCCN)C(=O)CN[C@@H](C)C(=O)CO)N(C(=O)[C@H](CCCCN)N(C)C)[C@@H](CCCCN)C(=O)C(=O)[C@H](CCCCN)N(C)C. The standard InChI is InChI=1S/C55H111N15O9/c1-40(50(74)39-71)63-38-49(73)43(25-11-18-32-57)69(55(79)48(30-16-23-37-62)68(53(77)46(65(5)6)28-14-21-35-60)67(9)42(41(2)72)24-10-17-31-56)70(54(78)47(66(7)8)29-15-22-36-61)45(27-13-20-34-59)52(76)51(75)44(64(3)4)26-12-19-33-58/h40,42-48,63,71H,10-39,56-62H2,1-9H3/t40-,42-,43-,44-,45-,46-,47-,48-/m0/s1. The summed E-state index contributed by atoms with van der Waals surface area (Å²) in [7, 11) is 11.8. The Labute approximate surface area is 474 Å². The molecule has 0 heterocycles. The maximum Gasteiger partial charge on any atom is 0.266 e. The molecule has 0 bridgehead atoms. The van der Waals surface area contributed by atoms with Gasteiger partial charge in [-0.15, -0.1) is 0 Å². The van der Waals surface area contributed by atoms with Crippen LogP contribution in [0.15, 0.2) is 0 Å². The number of nitrogens with two attached hydrogens (primary N) is 7. The Morgan fingerprint density at radius 3 is 1.03 bits per heavy atom. The van der Waals surface area contributed by atoms with Crippen LogP contribution in [-0.4, -0.2) is 243 Å². The molecule has 0 saturated heterocycles. The third-order valence-corrected chi connectivity index (χ3v) is 14.7. The Kier molecular flexibility index (Phi) is 40.9. The predicted molar refractivity (Wildman–Crippen MR) is 311 cm³/mol. The zero-order valence-corrected chi connectivity index (χ0v) is 50.2. The molecule has 0 aromatic rings. The monoisotopic (exact) mass is 1130 g/mol. The number of aliphatic hydroxyl groups is 1. The van der Waals surface area contributed by atoms with Gasteiger partial charge in [0.15, 0.2) is 11.6 Å². The lowest BCUT2D eigenvalue weighted by atomic mass is 9.93. The van der Waals surface area contributed by atoms with Gasteiger partial charge in [0.1, 0.15) is 30.5 Å². The summed E-state index contributed by atoms with van der Waals surface area (Å²) in [6, 6.07) is -9.74. The smallest absolute Gasteiger partial charge is 0.266 e. The first kappa shape index (κ1) is 75.2. The van der Waals surface area contributed by atoms with Crippen molar-refractivity contribution in [3.63, 3.8) is 0 Å². The van der Waals surface area contributed by atoms with Gasteiger partial charge in [0.25, 0.3) is 17.7 Å². The van der Waals surface area contributed by atoms with Crippen LogP contribution in [0.5, 0.6) is 0 Å². The summed E-state index contributed by atoms with van der Waals surface area (Å²) in [6.07, 6.45) is 6.67. The second kappa shape index (κ2) is 43.0. The summed E-state index contributed by atoms with van der Waals surface area (Å²) in [6.45, 7) is 3.47. The molecule has 79 heavy (non-hydrogen) atoms. The van der Waals surface area contributed by atoms with E-state index in [1.807, 2.05) is 0 Å². The average molecular weight is 1130 g/mol. The Hall–Kier alpha value is -3.76. The van der Waals surface area contributed by atoms with E-state index in [-0.39, 0.29) is 83.2 Å². The molecule has 8 atom stereocenters. The Morgan fingerprint density at radius 1 is 0.380 bits per heavy atom. The van der Waals surface area contributed by atoms with Crippen LogP contribution in [0.4, 0.5) is 0 Å². The number of carbonyl (C=O) groups excluding carboxylic acids is 8. The number of hydrogen-bond donors (Lipinski definition) is 9. The first-order valence-corrected chi connectivity index (χ1v) is 29.2. The van der Waals surface area contributed by atoms with Gasteiger partial charge in [-0.1, -0.05) is 25.7 Å². The molecule has 3 amide bonds. The van der Waals surface area contributed by atoms with Crippen LogP contribution in [0.1, 0.15) is 149 Å². The topological polar surface area (TPSA) is 374 Å². The van der Waals surface area contributed by atoms with E-state index in [0.717, 1.165) is 10.0 Å². The number of rotatable bonds is 49. The molecule has 0 spiro atoms. The molecule has 460 valence electrons. The van der Waals surface area contributed by atoms with Crippen LogP contribution in [0, 0.1) is 0 Å². The molecule has 0 aromatic heterocycles. The van der Waals surface area contributed by atoms with Gasteiger partial charge in [-0.05, 0) is 211 Å². The van der Waals surface area contributed by atoms with Crippen LogP contribution in [0.3, 0.4) is 0 Å². The third-order valence-electron chi connectivity index (χ3n) is 14.7. The molecular formula is C55H111N15O9. The lowest BCUT2D eigenvalue weighted by Gasteiger charge is -2.49. The highest BCUT2D eigenvalue weighted by atomic mass is 16.3. The van der Waals surface area contributed by atoms with Gasteiger partial charge in [0.2, 0.25) is 11.6 Å². The fourth-order valence-electron chi connectivity index (χ4n) is 9.90. The molecule has 0 saturated carbocycles. The van der Waals surface area contributed by atoms with Crippen molar-refractivity contribution >= 4 is 46.6 Å². The zero-order valence-electron chi connectivity index (χ0n) is 50.2. The number of hydrazine groups is 2. The summed E-state index contributed by atoms with van der Waals surface area (Å²) in [5, 5.41) is 17.6. The highest BCUT2D eigenvalue weighted by molar-refractivity contribution is 6.41. The summed E-state index contributed by atoms with van der Waals surface area (Å²) < 4.78 is 0. The number of nitrogens with one attached hydrogen (secondary N) is 1. The minimum absolute atomic E-state index is 0.0901. The molecule has 0 aliphatic heterocycles. The largest absolute Gasteiger partial charge is 0.389 e. The number of nitrogens with zero attached hydrogens (tertiary/aromatic N) is 7. The molecule has 0 aromatic carbocycles. The molecule has 0 aliphatic carbocycles. The van der Waals surface area contributed by atoms with Gasteiger partial charge in [-0.2, -0.15) is 0 Å². The normalized spacial score (nSPS) is 14.9. The van der Waals surface area contributed by atoms with Crippen molar-refractivity contribution in [1.82, 2.24) is 40.1 Å². The van der Waals surface area contributed by atoms with E-state index in [4.69, 9.17) is 40.1 Å². The maximum absolute atomic E-state index is 17.1. The third kappa shape index (κ3) is 25.9. The summed E-state index contributed by atoms with van der Waals surface area (Å²) in [5.74, 6) is -5.63. The lowest BCUT2D eigenvalue weighted by Crippen LogP contribution is -2.70. The first-order chi connectivity index (χ1) is 37.6. The van der Waals surface area contributed by atoms with E-state index >= 15 is 28.8 Å². The number of likely N-dealkylation sites (N-methyl/N-ethyl adjacent to an activating group) is 4. The van der Waals surface area contributed by atoms with Crippen molar-refractivity contribution in [2.75, 3.05) is 108 Å². The number of amides is 3. The molecule has 0 fully saturated rings. The number of Topliss-reactive ketones (excluding diaryl/α,β-unsaturated/α-hetero) is 5. The van der Waals surface area contributed by atoms with Gasteiger partial charge in [0, 0.05) is 7.05 Å². The average Bonchev–Trinajstić information content (AvgIpc) is 3.45. The highest BCUT2D eigenvalue weighted by Gasteiger charge is 2.50. The van der Waals surface area contributed by atoms with Crippen molar-refractivity contribution in [1.29, 1.82) is 0 Å². The second-order valence-electron chi connectivity index (χ2n) is 21.6. The van der Waals surface area contributed by atoms with Crippen molar-refractivity contribution < 1.29 is 43.5 Å². The van der Waals surface area contributed by atoms with Crippen molar-refractivity contribution in [3.8, 4) is 0 Å². The number of aliphatic hydroxyl groups excluding tert-OH is 1. The summed E-state index contributed by atoms with van der Waals surface area (Å²) in [4.78, 5) is 127. The van der Waals surface area contributed by atoms with E-state index in [1.54, 1.807) is 64.0 Å². The van der Waals surface area contributed by atoms with E-state index in [2.05, 4.69) is 5.32 Å². The number of ketones is 5. The van der Waals surface area contributed by atoms with Crippen LogP contribution in [0.25, 0.3) is 0 Å². The first-order valence-electron chi connectivity index (χ1n) is 29.2. The summed E-state index contributed by atoms with van der Waals surface area (Å²) >= 11 is 0. The maximum atomic E-state index is 17.1. The molecule has 24 nitrogen and oxygen atoms in total. The fraction of sp³-hybridized carbons (Fsp3) is 0.855. The molecule has 0 unspecified atom stereocenters. The van der Waals surface area contributed by atoms with Gasteiger partial charge >= 0.3 is 0 Å². The minimum Gasteiger partial charge on any atom is -0.389 e. The Bertz CT molecular complexity index is 1780. The van der Waals surface area contributed by atoms with E-state index in [9.17, 15) is 14.7 Å². The molecule has 24 heteroatoms. The van der Waals surface area contributed by atoms with Crippen LogP contribution in [0.2, 0.25) is 0 Å². The second-order valence-corrected chi connectivity index (χ2v) is 21.6. The minimum atomic E-state index is -1.70. The van der Waals surface area contributed by atoms with Gasteiger partial charge in [-0.25, -0.2) is 15.0 Å². The number of unbranched alkanes of at least 4 members (excludes halogenated alkanes) is 7. The van der Waals surface area contributed by atoms with Crippen LogP contribution in [-0.2, 0) is 38.4 Å². The van der Waals surface area contributed by atoms with E-state index in [0.29, 0.717) is 103 Å². The zero-order chi connectivity index (χ0) is 60.2. The fourth-order valence-corrected chi connectivity index (χ4v) is 9.90.